The standard InChI is InChI=1S/C17H22N2O5/c1-17(11-3-4-11)15(21)19(16(22)18-17)9-12(20)10-24-14-7-5-13(23-2)6-8-14/h5-8,11-12,20H,3-4,9-10H2,1-2H3,(H,18,22)/t12-,17+/m0/s1. The largest absolute Gasteiger partial charge is 0.497 e. The molecule has 2 aliphatic rings. The SMILES string of the molecule is COc1ccc(OC[C@@H](O)CN2C(=O)N[C@](C)(C3CC3)C2=O)cc1. The summed E-state index contributed by atoms with van der Waals surface area (Å²) in [7, 11) is 1.58. The predicted octanol–water partition coefficient (Wildman–Crippen LogP) is 1.16. The lowest BCUT2D eigenvalue weighted by atomic mass is 9.96. The second kappa shape index (κ2) is 6.32. The Labute approximate surface area is 140 Å². The van der Waals surface area contributed by atoms with Gasteiger partial charge in [-0.1, -0.05) is 0 Å². The fourth-order valence-corrected chi connectivity index (χ4v) is 2.95. The van der Waals surface area contributed by atoms with Crippen molar-refractivity contribution in [2.45, 2.75) is 31.4 Å². The van der Waals surface area contributed by atoms with E-state index >= 15 is 0 Å². The monoisotopic (exact) mass is 334 g/mol. The molecule has 1 heterocycles. The molecule has 0 bridgehead atoms. The van der Waals surface area contributed by atoms with Gasteiger partial charge in [0.25, 0.3) is 5.91 Å². The Morgan fingerprint density at radius 1 is 1.29 bits per heavy atom. The van der Waals surface area contributed by atoms with Gasteiger partial charge in [-0.2, -0.15) is 0 Å². The zero-order valence-electron chi connectivity index (χ0n) is 13.8. The molecule has 0 radical (unpaired) electrons. The molecule has 130 valence electrons. The van der Waals surface area contributed by atoms with Gasteiger partial charge in [0, 0.05) is 0 Å². The second-order valence-electron chi connectivity index (χ2n) is 6.46. The lowest BCUT2D eigenvalue weighted by Crippen LogP contribution is -2.46. The molecule has 0 unspecified atom stereocenters. The Balaban J connectivity index is 1.53. The van der Waals surface area contributed by atoms with E-state index < -0.39 is 17.7 Å². The first-order valence-electron chi connectivity index (χ1n) is 8.03. The molecular formula is C17H22N2O5. The predicted molar refractivity (Wildman–Crippen MR) is 85.9 cm³/mol. The highest BCUT2D eigenvalue weighted by Crippen LogP contribution is 2.42. The van der Waals surface area contributed by atoms with Crippen molar-refractivity contribution in [3.05, 3.63) is 24.3 Å². The normalized spacial score (nSPS) is 24.7. The van der Waals surface area contributed by atoms with Crippen LogP contribution in [-0.4, -0.2) is 53.8 Å². The zero-order chi connectivity index (χ0) is 17.3. The highest BCUT2D eigenvalue weighted by atomic mass is 16.5. The minimum atomic E-state index is -0.955. The molecule has 0 spiro atoms. The number of nitrogens with zero attached hydrogens (tertiary/aromatic N) is 1. The summed E-state index contributed by atoms with van der Waals surface area (Å²) in [4.78, 5) is 25.6. The molecule has 0 aromatic heterocycles. The van der Waals surface area contributed by atoms with Gasteiger partial charge in [0.2, 0.25) is 0 Å². The molecule has 1 saturated heterocycles. The van der Waals surface area contributed by atoms with Crippen molar-refractivity contribution in [3.63, 3.8) is 0 Å². The molecule has 1 saturated carbocycles. The van der Waals surface area contributed by atoms with Crippen LogP contribution in [0.1, 0.15) is 19.8 Å². The quantitative estimate of drug-likeness (QED) is 0.731. The molecule has 1 aliphatic carbocycles. The summed E-state index contributed by atoms with van der Waals surface area (Å²) in [5, 5.41) is 12.9. The molecule has 1 aliphatic heterocycles. The Kier molecular flexibility index (Phi) is 4.36. The van der Waals surface area contributed by atoms with E-state index in [0.717, 1.165) is 17.7 Å². The smallest absolute Gasteiger partial charge is 0.325 e. The highest BCUT2D eigenvalue weighted by Gasteiger charge is 2.56. The van der Waals surface area contributed by atoms with Crippen molar-refractivity contribution in [1.29, 1.82) is 0 Å². The van der Waals surface area contributed by atoms with Crippen LogP contribution in [-0.2, 0) is 4.79 Å². The van der Waals surface area contributed by atoms with Gasteiger partial charge in [-0.3, -0.25) is 9.69 Å². The number of aliphatic hydroxyl groups excluding tert-OH is 1. The molecule has 3 rings (SSSR count). The van der Waals surface area contributed by atoms with Crippen molar-refractivity contribution in [3.8, 4) is 11.5 Å². The number of nitrogens with one attached hydrogen (secondary N) is 1. The van der Waals surface area contributed by atoms with Crippen molar-refractivity contribution in [1.82, 2.24) is 10.2 Å². The number of aliphatic hydroxyl groups is 1. The van der Waals surface area contributed by atoms with E-state index in [2.05, 4.69) is 5.32 Å². The molecule has 7 heteroatoms. The van der Waals surface area contributed by atoms with Gasteiger partial charge in [-0.05, 0) is 49.9 Å². The third-order valence-electron chi connectivity index (χ3n) is 4.59. The van der Waals surface area contributed by atoms with E-state index in [1.165, 1.54) is 0 Å². The fraction of sp³-hybridized carbons (Fsp3) is 0.529. The van der Waals surface area contributed by atoms with E-state index in [-0.39, 0.29) is 25.0 Å². The number of carbonyl (C=O) groups is 2. The molecular weight excluding hydrogens is 312 g/mol. The molecule has 2 fully saturated rings. The van der Waals surface area contributed by atoms with Crippen LogP contribution >= 0.6 is 0 Å². The fourth-order valence-electron chi connectivity index (χ4n) is 2.95. The maximum absolute atomic E-state index is 12.5. The third kappa shape index (κ3) is 3.17. The van der Waals surface area contributed by atoms with Gasteiger partial charge < -0.3 is 19.9 Å². The average molecular weight is 334 g/mol. The van der Waals surface area contributed by atoms with Gasteiger partial charge in [-0.25, -0.2) is 4.79 Å². The van der Waals surface area contributed by atoms with Crippen LogP contribution < -0.4 is 14.8 Å². The lowest BCUT2D eigenvalue weighted by molar-refractivity contribution is -0.132. The van der Waals surface area contributed by atoms with Crippen LogP contribution in [0.15, 0.2) is 24.3 Å². The number of urea groups is 1. The van der Waals surface area contributed by atoms with Gasteiger partial charge in [-0.15, -0.1) is 0 Å². The van der Waals surface area contributed by atoms with Gasteiger partial charge in [0.15, 0.2) is 0 Å². The first kappa shape index (κ1) is 16.6. The highest BCUT2D eigenvalue weighted by molar-refractivity contribution is 6.07. The zero-order valence-corrected chi connectivity index (χ0v) is 13.8. The molecule has 3 amide bonds. The Morgan fingerprint density at radius 3 is 2.50 bits per heavy atom. The number of rotatable bonds is 7. The van der Waals surface area contributed by atoms with Crippen molar-refractivity contribution in [2.24, 2.45) is 5.92 Å². The van der Waals surface area contributed by atoms with E-state index in [4.69, 9.17) is 9.47 Å². The maximum Gasteiger partial charge on any atom is 0.325 e. The minimum Gasteiger partial charge on any atom is -0.497 e. The Bertz CT molecular complexity index is 628. The summed E-state index contributed by atoms with van der Waals surface area (Å²) in [6.07, 6.45) is 0.933. The van der Waals surface area contributed by atoms with Gasteiger partial charge in [0.05, 0.1) is 13.7 Å². The topological polar surface area (TPSA) is 88.1 Å². The van der Waals surface area contributed by atoms with Crippen molar-refractivity contribution >= 4 is 11.9 Å². The maximum atomic E-state index is 12.5. The number of methoxy groups -OCH3 is 1. The van der Waals surface area contributed by atoms with E-state index in [1.807, 2.05) is 0 Å². The van der Waals surface area contributed by atoms with Crippen LogP contribution in [0.3, 0.4) is 0 Å². The number of hydrogen-bond donors (Lipinski definition) is 2. The Hall–Kier alpha value is -2.28. The number of carbonyl (C=O) groups excluding carboxylic acids is 2. The first-order chi connectivity index (χ1) is 11.4. The second-order valence-corrected chi connectivity index (χ2v) is 6.46. The molecule has 1 aromatic carbocycles. The summed E-state index contributed by atoms with van der Waals surface area (Å²) >= 11 is 0. The number of hydrogen-bond acceptors (Lipinski definition) is 5. The van der Waals surface area contributed by atoms with E-state index in [1.54, 1.807) is 38.3 Å². The number of amides is 3. The molecule has 1 aromatic rings. The molecule has 24 heavy (non-hydrogen) atoms. The third-order valence-corrected chi connectivity index (χ3v) is 4.59. The van der Waals surface area contributed by atoms with Crippen molar-refractivity contribution in [2.75, 3.05) is 20.3 Å². The summed E-state index contributed by atoms with van der Waals surface area (Å²) in [6.45, 7) is 1.66. The minimum absolute atomic E-state index is 0.0104. The van der Waals surface area contributed by atoms with Crippen LogP contribution in [0, 0.1) is 5.92 Å². The number of benzene rings is 1. The molecule has 7 nitrogen and oxygen atoms in total. The summed E-state index contributed by atoms with van der Waals surface area (Å²) in [5.41, 5.74) is -0.826. The van der Waals surface area contributed by atoms with Crippen LogP contribution in [0.2, 0.25) is 0 Å². The van der Waals surface area contributed by atoms with Crippen LogP contribution in [0.4, 0.5) is 4.79 Å². The van der Waals surface area contributed by atoms with E-state index in [0.29, 0.717) is 11.5 Å². The Morgan fingerprint density at radius 2 is 1.92 bits per heavy atom. The van der Waals surface area contributed by atoms with Crippen LogP contribution in [0.25, 0.3) is 0 Å². The first-order valence-corrected chi connectivity index (χ1v) is 8.03. The average Bonchev–Trinajstić information content (AvgIpc) is 3.40. The summed E-state index contributed by atoms with van der Waals surface area (Å²) < 4.78 is 10.5. The number of β-amino-alcohol motifs (C(OH)–C–C–N with tert-alkyl or cyclic N) is 1. The molecule has 2 atom stereocenters. The van der Waals surface area contributed by atoms with E-state index in [9.17, 15) is 14.7 Å². The number of imide groups is 1. The van der Waals surface area contributed by atoms with Crippen LogP contribution in [0.5, 0.6) is 11.5 Å². The van der Waals surface area contributed by atoms with Crippen molar-refractivity contribution < 1.29 is 24.2 Å². The van der Waals surface area contributed by atoms with Gasteiger partial charge >= 0.3 is 6.03 Å². The molecule has 2 N–H and O–H groups in total. The number of ether oxygens (including phenoxy) is 2. The summed E-state index contributed by atoms with van der Waals surface area (Å²) in [6, 6.07) is 6.51. The summed E-state index contributed by atoms with van der Waals surface area (Å²) in [5.74, 6) is 1.22. The van der Waals surface area contributed by atoms with Gasteiger partial charge in [0.1, 0.15) is 29.7 Å². The lowest BCUT2D eigenvalue weighted by Gasteiger charge is -2.22.